The van der Waals surface area contributed by atoms with E-state index < -0.39 is 11.0 Å². The number of hydrogen-bond donors (Lipinski definition) is 2. The summed E-state index contributed by atoms with van der Waals surface area (Å²) >= 11 is 0. The zero-order chi connectivity index (χ0) is 18.8. The van der Waals surface area contributed by atoms with Crippen molar-refractivity contribution in [3.63, 3.8) is 0 Å². The van der Waals surface area contributed by atoms with Crippen LogP contribution in [0.4, 0.5) is 10.5 Å². The molecule has 1 atom stereocenters. The number of nitrogens with zero attached hydrogens (tertiary/aromatic N) is 3. The predicted octanol–water partition coefficient (Wildman–Crippen LogP) is 1.89. The Morgan fingerprint density at radius 3 is 2.63 bits per heavy atom. The summed E-state index contributed by atoms with van der Waals surface area (Å²) in [6, 6.07) is 9.31. The van der Waals surface area contributed by atoms with E-state index >= 15 is 0 Å². The Morgan fingerprint density at radius 2 is 1.96 bits per heavy atom. The van der Waals surface area contributed by atoms with Crippen molar-refractivity contribution in [2.45, 2.75) is 18.8 Å². The van der Waals surface area contributed by atoms with Crippen molar-refractivity contribution < 1.29 is 13.8 Å². The van der Waals surface area contributed by atoms with Gasteiger partial charge in [0.15, 0.2) is 16.0 Å². The van der Waals surface area contributed by atoms with E-state index in [9.17, 15) is 13.8 Å². The van der Waals surface area contributed by atoms with Crippen molar-refractivity contribution in [2.24, 2.45) is 0 Å². The first kappa shape index (κ1) is 17.5. The van der Waals surface area contributed by atoms with E-state index in [0.717, 1.165) is 24.1 Å². The van der Waals surface area contributed by atoms with Gasteiger partial charge in [-0.25, -0.2) is 13.7 Å². The van der Waals surface area contributed by atoms with Crippen LogP contribution in [0.15, 0.2) is 48.8 Å². The summed E-state index contributed by atoms with van der Waals surface area (Å²) in [4.78, 5) is 25.5. The molecule has 1 aromatic carbocycles. The third-order valence-corrected chi connectivity index (χ3v) is 5.82. The minimum absolute atomic E-state index is 0.0913. The second-order valence-corrected chi connectivity index (χ2v) is 7.65. The Morgan fingerprint density at radius 1 is 1.22 bits per heavy atom. The van der Waals surface area contributed by atoms with Gasteiger partial charge in [-0.1, -0.05) is 18.2 Å². The van der Waals surface area contributed by atoms with Crippen molar-refractivity contribution >= 4 is 33.6 Å². The number of amides is 3. The van der Waals surface area contributed by atoms with E-state index in [1.54, 1.807) is 6.20 Å². The minimum atomic E-state index is -1.56. The molecule has 3 amide bonds. The van der Waals surface area contributed by atoms with Gasteiger partial charge in [-0.2, -0.15) is 5.10 Å². The van der Waals surface area contributed by atoms with E-state index in [1.807, 2.05) is 41.4 Å². The van der Waals surface area contributed by atoms with Crippen LogP contribution in [-0.2, 0) is 15.8 Å². The number of anilines is 1. The fraction of sp³-hybridized carbons (Fsp3) is 0.278. The number of aromatic nitrogens is 2. The third-order valence-electron chi connectivity index (χ3n) is 4.74. The molecule has 1 fully saturated rings. The molecule has 8 nitrogen and oxygen atoms in total. The molecule has 1 saturated heterocycles. The number of carbonyl (C=O) groups excluding carboxylic acids is 2. The molecule has 2 aliphatic rings. The molecule has 2 aliphatic heterocycles. The van der Waals surface area contributed by atoms with Gasteiger partial charge in [0.05, 0.1) is 6.20 Å². The molecular weight excluding hydrogens is 366 g/mol. The summed E-state index contributed by atoms with van der Waals surface area (Å²) in [5, 5.41) is 7.48. The Hall–Kier alpha value is -2.94. The number of para-hydroxylation sites is 1. The number of piperidine rings is 1. The molecular formula is C18H19N5O3S. The molecule has 0 spiro atoms. The minimum Gasteiger partial charge on any atom is -0.324 e. The van der Waals surface area contributed by atoms with Crippen molar-refractivity contribution in [3.8, 4) is 0 Å². The fourth-order valence-corrected chi connectivity index (χ4v) is 4.13. The molecule has 3 heterocycles. The van der Waals surface area contributed by atoms with Gasteiger partial charge in [0.25, 0.3) is 5.91 Å². The second kappa shape index (κ2) is 7.36. The number of nitrogens with one attached hydrogen (secondary N) is 2. The van der Waals surface area contributed by atoms with E-state index in [4.69, 9.17) is 0 Å². The van der Waals surface area contributed by atoms with Gasteiger partial charge in [0.2, 0.25) is 0 Å². The van der Waals surface area contributed by atoms with Crippen molar-refractivity contribution in [2.75, 3.05) is 18.4 Å². The highest BCUT2D eigenvalue weighted by Crippen LogP contribution is 2.29. The molecule has 2 N–H and O–H groups in total. The van der Waals surface area contributed by atoms with E-state index in [0.29, 0.717) is 18.1 Å². The van der Waals surface area contributed by atoms with Gasteiger partial charge in [0, 0.05) is 31.0 Å². The van der Waals surface area contributed by atoms with Crippen LogP contribution in [0, 0.1) is 0 Å². The Kier molecular flexibility index (Phi) is 4.76. The predicted molar refractivity (Wildman–Crippen MR) is 102 cm³/mol. The number of rotatable bonds is 3. The van der Waals surface area contributed by atoms with Crippen molar-refractivity contribution in [1.82, 2.24) is 19.4 Å². The standard InChI is InChI=1S/C18H19N5O3S/c24-16-10-17(27(26)21-16)23-12-14(11-19-23)13-6-8-22(9-7-13)18(25)20-15-4-2-1-3-5-15/h1-5,10-13H,6-9H2,(H,20,25)(H,21,24). The summed E-state index contributed by atoms with van der Waals surface area (Å²) in [5.41, 5.74) is 1.81. The van der Waals surface area contributed by atoms with Gasteiger partial charge in [-0.05, 0) is 36.5 Å². The molecule has 0 bridgehead atoms. The third kappa shape index (κ3) is 3.77. The van der Waals surface area contributed by atoms with E-state index in [-0.39, 0.29) is 17.9 Å². The largest absolute Gasteiger partial charge is 0.324 e. The maximum atomic E-state index is 12.4. The molecule has 9 heteroatoms. The summed E-state index contributed by atoms with van der Waals surface area (Å²) < 4.78 is 15.6. The maximum Gasteiger partial charge on any atom is 0.321 e. The Balaban J connectivity index is 1.36. The number of carbonyl (C=O) groups is 2. The summed E-state index contributed by atoms with van der Waals surface area (Å²) in [6.45, 7) is 1.31. The molecule has 1 unspecified atom stereocenters. The quantitative estimate of drug-likeness (QED) is 0.843. The monoisotopic (exact) mass is 385 g/mol. The summed E-state index contributed by atoms with van der Waals surface area (Å²) in [7, 11) is -1.56. The number of benzene rings is 1. The topological polar surface area (TPSA) is 96.3 Å². The lowest BCUT2D eigenvalue weighted by Crippen LogP contribution is -2.40. The molecule has 140 valence electrons. The van der Waals surface area contributed by atoms with Crippen LogP contribution in [0.1, 0.15) is 24.3 Å². The number of hydrogen-bond acceptors (Lipinski definition) is 4. The maximum absolute atomic E-state index is 12.4. The average Bonchev–Trinajstić information content (AvgIpc) is 3.29. The molecule has 0 saturated carbocycles. The summed E-state index contributed by atoms with van der Waals surface area (Å²) in [5.74, 6) is -0.100. The normalized spacial score (nSPS) is 20.3. The molecule has 27 heavy (non-hydrogen) atoms. The van der Waals surface area contributed by atoms with Gasteiger partial charge in [-0.3, -0.25) is 9.52 Å². The molecule has 0 radical (unpaired) electrons. The molecule has 4 rings (SSSR count). The van der Waals surface area contributed by atoms with Gasteiger partial charge < -0.3 is 10.2 Å². The zero-order valence-electron chi connectivity index (χ0n) is 14.5. The lowest BCUT2D eigenvalue weighted by atomic mass is 9.92. The number of urea groups is 1. The van der Waals surface area contributed by atoms with Crippen LogP contribution in [0.2, 0.25) is 0 Å². The Labute approximate surface area is 158 Å². The lowest BCUT2D eigenvalue weighted by Gasteiger charge is -2.31. The van der Waals surface area contributed by atoms with Crippen LogP contribution in [0.25, 0.3) is 5.03 Å². The van der Waals surface area contributed by atoms with E-state index in [2.05, 4.69) is 15.1 Å². The highest BCUT2D eigenvalue weighted by Gasteiger charge is 2.26. The highest BCUT2D eigenvalue weighted by atomic mass is 32.2. The number of likely N-dealkylation sites (tertiary alicyclic amines) is 1. The molecule has 0 aliphatic carbocycles. The van der Waals surface area contributed by atoms with Crippen LogP contribution < -0.4 is 10.0 Å². The second-order valence-electron chi connectivity index (χ2n) is 6.49. The van der Waals surface area contributed by atoms with Crippen LogP contribution in [0.5, 0.6) is 0 Å². The van der Waals surface area contributed by atoms with Gasteiger partial charge >= 0.3 is 6.03 Å². The van der Waals surface area contributed by atoms with Crippen molar-refractivity contribution in [1.29, 1.82) is 0 Å². The summed E-state index contributed by atoms with van der Waals surface area (Å²) in [6.07, 6.45) is 6.50. The highest BCUT2D eigenvalue weighted by molar-refractivity contribution is 7.93. The smallest absolute Gasteiger partial charge is 0.321 e. The van der Waals surface area contributed by atoms with Crippen LogP contribution in [-0.4, -0.2) is 43.9 Å². The first-order chi connectivity index (χ1) is 13.1. The fourth-order valence-electron chi connectivity index (χ4n) is 3.30. The first-order valence-electron chi connectivity index (χ1n) is 8.70. The van der Waals surface area contributed by atoms with Crippen LogP contribution >= 0.6 is 0 Å². The van der Waals surface area contributed by atoms with Gasteiger partial charge in [0.1, 0.15) is 0 Å². The lowest BCUT2D eigenvalue weighted by molar-refractivity contribution is -0.114. The Bertz CT molecular complexity index is 916. The van der Waals surface area contributed by atoms with E-state index in [1.165, 1.54) is 10.8 Å². The molecule has 2 aromatic rings. The average molecular weight is 385 g/mol. The van der Waals surface area contributed by atoms with Gasteiger partial charge in [-0.15, -0.1) is 0 Å². The SMILES string of the molecule is O=C1C=C(n2cc(C3CCN(C(=O)Nc4ccccc4)CC3)cn2)S(=O)N1. The first-order valence-corrected chi connectivity index (χ1v) is 9.85. The van der Waals surface area contributed by atoms with Crippen molar-refractivity contribution in [3.05, 3.63) is 54.4 Å². The zero-order valence-corrected chi connectivity index (χ0v) is 15.3. The van der Waals surface area contributed by atoms with Crippen LogP contribution in [0.3, 0.4) is 0 Å². The molecule has 1 aromatic heterocycles.